The number of hydrogen-bond acceptors (Lipinski definition) is 4. The molecule has 1 amide bonds. The Bertz CT molecular complexity index is 519. The fourth-order valence-electron chi connectivity index (χ4n) is 3.47. The van der Waals surface area contributed by atoms with Gasteiger partial charge in [0.05, 0.1) is 6.54 Å². The van der Waals surface area contributed by atoms with Gasteiger partial charge >= 0.3 is 0 Å². The molecular formula is C16H24N4O. The number of piperazine rings is 1. The van der Waals surface area contributed by atoms with E-state index < -0.39 is 0 Å². The third-order valence-corrected chi connectivity index (χ3v) is 4.58. The Balaban J connectivity index is 1.57. The number of fused-ring (bicyclic) bond motifs is 1. The van der Waals surface area contributed by atoms with Crippen LogP contribution >= 0.6 is 0 Å². The molecule has 0 bridgehead atoms. The Morgan fingerprint density at radius 3 is 3.10 bits per heavy atom. The first-order valence-electron chi connectivity index (χ1n) is 7.75. The van der Waals surface area contributed by atoms with Crippen molar-refractivity contribution >= 4 is 17.3 Å². The third-order valence-electron chi connectivity index (χ3n) is 4.58. The zero-order valence-corrected chi connectivity index (χ0v) is 12.6. The van der Waals surface area contributed by atoms with Crippen LogP contribution in [0.25, 0.3) is 0 Å². The summed E-state index contributed by atoms with van der Waals surface area (Å²) in [5.41, 5.74) is 7.17. The predicted molar refractivity (Wildman–Crippen MR) is 85.1 cm³/mol. The number of carbonyl (C=O) groups excluding carboxylic acids is 1. The molecule has 3 N–H and O–H groups in total. The Hall–Kier alpha value is -1.59. The number of carbonyl (C=O) groups is 1. The molecule has 0 aliphatic carbocycles. The summed E-state index contributed by atoms with van der Waals surface area (Å²) < 4.78 is 0. The number of nitrogens with one attached hydrogen (secondary N) is 1. The van der Waals surface area contributed by atoms with Gasteiger partial charge < -0.3 is 11.1 Å². The van der Waals surface area contributed by atoms with Crippen molar-refractivity contribution in [2.45, 2.75) is 31.8 Å². The zero-order chi connectivity index (χ0) is 14.8. The van der Waals surface area contributed by atoms with Crippen LogP contribution in [-0.4, -0.2) is 54.0 Å². The molecule has 1 aromatic carbocycles. The molecule has 2 saturated heterocycles. The fourth-order valence-corrected chi connectivity index (χ4v) is 3.47. The van der Waals surface area contributed by atoms with Crippen molar-refractivity contribution in [2.75, 3.05) is 37.2 Å². The lowest BCUT2D eigenvalue weighted by Crippen LogP contribution is -2.56. The van der Waals surface area contributed by atoms with Gasteiger partial charge in [0.25, 0.3) is 0 Å². The highest BCUT2D eigenvalue weighted by Crippen LogP contribution is 2.24. The highest BCUT2D eigenvalue weighted by atomic mass is 16.2. The monoisotopic (exact) mass is 288 g/mol. The van der Waals surface area contributed by atoms with Crippen molar-refractivity contribution in [2.24, 2.45) is 0 Å². The molecule has 2 aliphatic rings. The average molecular weight is 288 g/mol. The molecule has 3 rings (SSSR count). The normalized spacial score (nSPS) is 26.5. The zero-order valence-electron chi connectivity index (χ0n) is 12.6. The van der Waals surface area contributed by atoms with Crippen molar-refractivity contribution in [3.05, 3.63) is 24.3 Å². The molecule has 1 aromatic rings. The topological polar surface area (TPSA) is 61.6 Å². The quantitative estimate of drug-likeness (QED) is 0.825. The van der Waals surface area contributed by atoms with Crippen LogP contribution in [-0.2, 0) is 4.79 Å². The Morgan fingerprint density at radius 2 is 2.29 bits per heavy atom. The van der Waals surface area contributed by atoms with E-state index in [4.69, 9.17) is 5.73 Å². The van der Waals surface area contributed by atoms with Crippen LogP contribution in [0.1, 0.15) is 19.8 Å². The molecule has 2 fully saturated rings. The van der Waals surface area contributed by atoms with E-state index in [1.54, 1.807) is 6.07 Å². The van der Waals surface area contributed by atoms with Crippen LogP contribution in [0.2, 0.25) is 0 Å². The van der Waals surface area contributed by atoms with Gasteiger partial charge in [0, 0.05) is 36.5 Å². The number of nitrogens with zero attached hydrogens (tertiary/aromatic N) is 2. The fraction of sp³-hybridized carbons (Fsp3) is 0.562. The Kier molecular flexibility index (Phi) is 4.12. The maximum Gasteiger partial charge on any atom is 0.238 e. The maximum absolute atomic E-state index is 12.2. The van der Waals surface area contributed by atoms with Crippen molar-refractivity contribution in [1.29, 1.82) is 0 Å². The van der Waals surface area contributed by atoms with Crippen LogP contribution in [0.3, 0.4) is 0 Å². The first kappa shape index (κ1) is 14.4. The highest BCUT2D eigenvalue weighted by Gasteiger charge is 2.34. The molecule has 2 aliphatic heterocycles. The minimum Gasteiger partial charge on any atom is -0.399 e. The number of amides is 1. The van der Waals surface area contributed by atoms with E-state index >= 15 is 0 Å². The van der Waals surface area contributed by atoms with Gasteiger partial charge in [-0.1, -0.05) is 6.07 Å². The van der Waals surface area contributed by atoms with Gasteiger partial charge in [-0.3, -0.25) is 14.6 Å². The maximum atomic E-state index is 12.2. The van der Waals surface area contributed by atoms with Gasteiger partial charge in [0.1, 0.15) is 0 Å². The molecule has 0 aromatic heterocycles. The molecule has 2 atom stereocenters. The number of nitrogen functional groups attached to an aromatic ring is 1. The number of nitrogens with two attached hydrogens (primary N) is 1. The van der Waals surface area contributed by atoms with Gasteiger partial charge in [-0.15, -0.1) is 0 Å². The number of anilines is 2. The first-order valence-corrected chi connectivity index (χ1v) is 7.75. The lowest BCUT2D eigenvalue weighted by Gasteiger charge is -2.41. The summed E-state index contributed by atoms with van der Waals surface area (Å²) in [6.45, 7) is 5.97. The van der Waals surface area contributed by atoms with E-state index in [0.717, 1.165) is 18.8 Å². The van der Waals surface area contributed by atoms with Crippen molar-refractivity contribution < 1.29 is 4.79 Å². The second-order valence-electron chi connectivity index (χ2n) is 6.24. The number of benzene rings is 1. The van der Waals surface area contributed by atoms with Crippen molar-refractivity contribution in [1.82, 2.24) is 9.80 Å². The molecular weight excluding hydrogens is 264 g/mol. The minimum absolute atomic E-state index is 0.0406. The van der Waals surface area contributed by atoms with Gasteiger partial charge in [-0.05, 0) is 44.5 Å². The lowest BCUT2D eigenvalue weighted by atomic mass is 10.1. The first-order chi connectivity index (χ1) is 10.1. The molecule has 5 heteroatoms. The minimum atomic E-state index is 0.0406. The van der Waals surface area contributed by atoms with Crippen molar-refractivity contribution in [3.8, 4) is 0 Å². The highest BCUT2D eigenvalue weighted by molar-refractivity contribution is 5.92. The van der Waals surface area contributed by atoms with Crippen LogP contribution in [0, 0.1) is 0 Å². The Labute approximate surface area is 126 Å². The van der Waals surface area contributed by atoms with Crippen LogP contribution in [0.5, 0.6) is 0 Å². The van der Waals surface area contributed by atoms with E-state index in [1.807, 2.05) is 18.2 Å². The third kappa shape index (κ3) is 3.36. The second-order valence-corrected chi connectivity index (χ2v) is 6.24. The summed E-state index contributed by atoms with van der Waals surface area (Å²) in [6.07, 6.45) is 2.56. The van der Waals surface area contributed by atoms with E-state index in [-0.39, 0.29) is 5.91 Å². The van der Waals surface area contributed by atoms with Gasteiger partial charge in [-0.25, -0.2) is 0 Å². The number of hydrogen-bond donors (Lipinski definition) is 2. The summed E-state index contributed by atoms with van der Waals surface area (Å²) in [4.78, 5) is 17.1. The van der Waals surface area contributed by atoms with E-state index in [1.165, 1.54) is 19.4 Å². The van der Waals surface area contributed by atoms with Gasteiger partial charge in [0.2, 0.25) is 5.91 Å². The largest absolute Gasteiger partial charge is 0.399 e. The average Bonchev–Trinajstić information content (AvgIpc) is 2.86. The van der Waals surface area contributed by atoms with Crippen LogP contribution in [0.4, 0.5) is 11.4 Å². The molecule has 0 radical (unpaired) electrons. The molecule has 0 spiro atoms. The molecule has 5 nitrogen and oxygen atoms in total. The predicted octanol–water partition coefficient (Wildman–Crippen LogP) is 1.38. The second kappa shape index (κ2) is 6.03. The molecule has 0 saturated carbocycles. The van der Waals surface area contributed by atoms with E-state index in [9.17, 15) is 4.79 Å². The van der Waals surface area contributed by atoms with E-state index in [2.05, 4.69) is 22.0 Å². The molecule has 2 unspecified atom stereocenters. The Morgan fingerprint density at radius 1 is 1.43 bits per heavy atom. The number of rotatable bonds is 3. The smallest absolute Gasteiger partial charge is 0.238 e. The molecule has 21 heavy (non-hydrogen) atoms. The van der Waals surface area contributed by atoms with Gasteiger partial charge in [-0.2, -0.15) is 0 Å². The lowest BCUT2D eigenvalue weighted by molar-refractivity contribution is -0.118. The molecule has 2 heterocycles. The summed E-state index contributed by atoms with van der Waals surface area (Å²) in [5.74, 6) is 0.0406. The standard InChI is InChI=1S/C16H24N4O/c1-12-9-19-7-3-6-15(19)10-20(12)11-16(21)18-14-5-2-4-13(17)8-14/h2,4-5,8,12,15H,3,6-7,9-11,17H2,1H3,(H,18,21). The summed E-state index contributed by atoms with van der Waals surface area (Å²) >= 11 is 0. The van der Waals surface area contributed by atoms with Crippen LogP contribution in [0.15, 0.2) is 24.3 Å². The van der Waals surface area contributed by atoms with Gasteiger partial charge in [0.15, 0.2) is 0 Å². The van der Waals surface area contributed by atoms with Crippen LogP contribution < -0.4 is 11.1 Å². The van der Waals surface area contributed by atoms with Crippen molar-refractivity contribution in [3.63, 3.8) is 0 Å². The molecule has 114 valence electrons. The van der Waals surface area contributed by atoms with E-state index in [0.29, 0.717) is 24.3 Å². The summed E-state index contributed by atoms with van der Waals surface area (Å²) in [7, 11) is 0. The SMILES string of the molecule is CC1CN2CCCC2CN1CC(=O)Nc1cccc(N)c1. The summed E-state index contributed by atoms with van der Waals surface area (Å²) in [5, 5.41) is 2.94. The summed E-state index contributed by atoms with van der Waals surface area (Å²) in [6, 6.07) is 8.40.